The molecule has 7 nitrogen and oxygen atoms in total. The van der Waals surface area contributed by atoms with E-state index >= 15 is 0 Å². The van der Waals surface area contributed by atoms with E-state index in [2.05, 4.69) is 4.74 Å². The van der Waals surface area contributed by atoms with Gasteiger partial charge in [-0.25, -0.2) is 4.79 Å². The first kappa shape index (κ1) is 12.8. The lowest BCUT2D eigenvalue weighted by molar-refractivity contribution is -0.385. The van der Waals surface area contributed by atoms with Gasteiger partial charge < -0.3 is 10.5 Å². The van der Waals surface area contributed by atoms with Crippen LogP contribution >= 0.6 is 0 Å². The highest BCUT2D eigenvalue weighted by Gasteiger charge is 2.26. The van der Waals surface area contributed by atoms with Gasteiger partial charge in [0.1, 0.15) is 5.56 Å². The number of hydrogen-bond donors (Lipinski definition) is 1. The Balaban J connectivity index is 3.50. The highest BCUT2D eigenvalue weighted by molar-refractivity contribution is 6.09. The number of rotatable bonds is 4. The van der Waals surface area contributed by atoms with E-state index in [9.17, 15) is 19.7 Å². The quantitative estimate of drug-likeness (QED) is 0.354. The molecule has 0 amide bonds. The fraction of sp³-hybridized carbons (Fsp3) is 0.200. The molecule has 0 radical (unpaired) electrons. The third kappa shape index (κ3) is 2.45. The second kappa shape index (κ2) is 5.17. The summed E-state index contributed by atoms with van der Waals surface area (Å²) >= 11 is 0. The van der Waals surface area contributed by atoms with Gasteiger partial charge in [-0.2, -0.15) is 0 Å². The number of nitrogens with two attached hydrogens (primary N) is 1. The van der Waals surface area contributed by atoms with E-state index in [1.807, 2.05) is 0 Å². The summed E-state index contributed by atoms with van der Waals surface area (Å²) in [4.78, 5) is 33.0. The van der Waals surface area contributed by atoms with Gasteiger partial charge in [-0.1, -0.05) is 6.07 Å². The lowest BCUT2D eigenvalue weighted by Gasteiger charge is -2.06. The molecule has 0 spiro atoms. The van der Waals surface area contributed by atoms with Crippen LogP contribution in [0.5, 0.6) is 0 Å². The van der Waals surface area contributed by atoms with Gasteiger partial charge in [0.2, 0.25) is 0 Å². The highest BCUT2D eigenvalue weighted by Crippen LogP contribution is 2.23. The predicted octanol–water partition coefficient (Wildman–Crippen LogP) is 0.523. The predicted molar refractivity (Wildman–Crippen MR) is 57.8 cm³/mol. The molecule has 0 unspecified atom stereocenters. The Morgan fingerprint density at radius 2 is 2.12 bits per heavy atom. The number of carbonyl (C=O) groups excluding carboxylic acids is 2. The van der Waals surface area contributed by atoms with E-state index in [0.717, 1.165) is 13.2 Å². The minimum Gasteiger partial charge on any atom is -0.465 e. The van der Waals surface area contributed by atoms with Gasteiger partial charge in [0.15, 0.2) is 5.78 Å². The summed E-state index contributed by atoms with van der Waals surface area (Å²) in [5.74, 6) is -1.50. The fourth-order valence-electron chi connectivity index (χ4n) is 1.37. The van der Waals surface area contributed by atoms with Crippen molar-refractivity contribution in [2.45, 2.75) is 0 Å². The smallest absolute Gasteiger partial charge is 0.338 e. The Morgan fingerprint density at radius 3 is 2.59 bits per heavy atom. The van der Waals surface area contributed by atoms with Gasteiger partial charge in [-0.15, -0.1) is 0 Å². The molecule has 2 N–H and O–H groups in total. The summed E-state index contributed by atoms with van der Waals surface area (Å²) in [6, 6.07) is 3.72. The van der Waals surface area contributed by atoms with E-state index in [1.165, 1.54) is 12.1 Å². The number of nitrogens with zero attached hydrogens (tertiary/aromatic N) is 1. The Bertz CT molecular complexity index is 484. The minimum absolute atomic E-state index is 0.155. The summed E-state index contributed by atoms with van der Waals surface area (Å²) in [6.45, 7) is -0.422. The number of Topliss-reactive ketones (excluding diaryl/α,β-unsaturated/α-hetero) is 1. The first-order valence-electron chi connectivity index (χ1n) is 4.62. The lowest BCUT2D eigenvalue weighted by atomic mass is 10.0. The molecular formula is C10H10N2O5. The average molecular weight is 238 g/mol. The van der Waals surface area contributed by atoms with Crippen LogP contribution in [0.3, 0.4) is 0 Å². The van der Waals surface area contributed by atoms with Crippen molar-refractivity contribution in [2.24, 2.45) is 5.73 Å². The van der Waals surface area contributed by atoms with Gasteiger partial charge in [0.05, 0.1) is 24.1 Å². The topological polar surface area (TPSA) is 113 Å². The molecule has 1 aromatic carbocycles. The second-order valence-corrected chi connectivity index (χ2v) is 3.08. The van der Waals surface area contributed by atoms with E-state index in [1.54, 1.807) is 0 Å². The Hall–Kier alpha value is -2.28. The van der Waals surface area contributed by atoms with Crippen molar-refractivity contribution in [2.75, 3.05) is 13.7 Å². The van der Waals surface area contributed by atoms with Gasteiger partial charge in [-0.3, -0.25) is 14.9 Å². The molecule has 7 heteroatoms. The molecule has 0 aliphatic rings. The number of benzene rings is 1. The van der Waals surface area contributed by atoms with E-state index in [-0.39, 0.29) is 11.1 Å². The average Bonchev–Trinajstić information content (AvgIpc) is 2.35. The van der Waals surface area contributed by atoms with Crippen molar-refractivity contribution in [1.29, 1.82) is 0 Å². The zero-order valence-electron chi connectivity index (χ0n) is 9.00. The fourth-order valence-corrected chi connectivity index (χ4v) is 1.37. The highest BCUT2D eigenvalue weighted by atomic mass is 16.6. The number of ketones is 1. The zero-order chi connectivity index (χ0) is 13.0. The molecule has 0 aliphatic heterocycles. The second-order valence-electron chi connectivity index (χ2n) is 3.08. The summed E-state index contributed by atoms with van der Waals surface area (Å²) in [6.07, 6.45) is 0. The van der Waals surface area contributed by atoms with Crippen molar-refractivity contribution < 1.29 is 19.2 Å². The van der Waals surface area contributed by atoms with Crippen LogP contribution in [-0.2, 0) is 4.74 Å². The maximum absolute atomic E-state index is 11.5. The molecule has 17 heavy (non-hydrogen) atoms. The standard InChI is InChI=1S/C10H10N2O5/c1-17-10(14)6-3-2-4-7(12(15)16)9(6)8(13)5-11/h2-4H,5,11H2,1H3. The number of esters is 1. The zero-order valence-corrected chi connectivity index (χ0v) is 9.00. The Kier molecular flexibility index (Phi) is 3.89. The van der Waals surface area contributed by atoms with Crippen molar-refractivity contribution in [1.82, 2.24) is 0 Å². The van der Waals surface area contributed by atoms with Crippen molar-refractivity contribution in [3.63, 3.8) is 0 Å². The molecule has 0 aliphatic carbocycles. The first-order chi connectivity index (χ1) is 8.02. The molecule has 0 bridgehead atoms. The Morgan fingerprint density at radius 1 is 1.47 bits per heavy atom. The van der Waals surface area contributed by atoms with Crippen molar-refractivity contribution >= 4 is 17.4 Å². The summed E-state index contributed by atoms with van der Waals surface area (Å²) in [5.41, 5.74) is 4.24. The molecule has 0 aromatic heterocycles. The molecular weight excluding hydrogens is 228 g/mol. The van der Waals surface area contributed by atoms with E-state index in [0.29, 0.717) is 0 Å². The van der Waals surface area contributed by atoms with Gasteiger partial charge >= 0.3 is 5.97 Å². The molecule has 0 saturated heterocycles. The number of carbonyl (C=O) groups is 2. The van der Waals surface area contributed by atoms with E-state index < -0.39 is 28.9 Å². The molecule has 0 fully saturated rings. The summed E-state index contributed by atoms with van der Waals surface area (Å²) in [5, 5.41) is 10.8. The number of methoxy groups -OCH3 is 1. The monoisotopic (exact) mass is 238 g/mol. The van der Waals surface area contributed by atoms with Gasteiger partial charge in [-0.05, 0) is 6.07 Å². The largest absolute Gasteiger partial charge is 0.465 e. The van der Waals surface area contributed by atoms with Gasteiger partial charge in [0.25, 0.3) is 5.69 Å². The molecule has 1 rings (SSSR count). The van der Waals surface area contributed by atoms with Crippen molar-refractivity contribution in [3.8, 4) is 0 Å². The molecule has 1 aromatic rings. The van der Waals surface area contributed by atoms with Crippen LogP contribution < -0.4 is 5.73 Å². The number of nitro groups is 1. The van der Waals surface area contributed by atoms with Crippen LogP contribution in [0.25, 0.3) is 0 Å². The first-order valence-corrected chi connectivity index (χ1v) is 4.62. The number of ether oxygens (including phenoxy) is 1. The SMILES string of the molecule is COC(=O)c1cccc([N+](=O)[O-])c1C(=O)CN. The van der Waals surface area contributed by atoms with Crippen LogP contribution in [0, 0.1) is 10.1 Å². The van der Waals surface area contributed by atoms with E-state index in [4.69, 9.17) is 5.73 Å². The third-order valence-electron chi connectivity index (χ3n) is 2.11. The number of nitro benzene ring substituents is 1. The summed E-state index contributed by atoms with van der Waals surface area (Å²) < 4.78 is 4.45. The lowest BCUT2D eigenvalue weighted by Crippen LogP contribution is -2.19. The maximum Gasteiger partial charge on any atom is 0.338 e. The van der Waals surface area contributed by atoms with Crippen LogP contribution in [0.4, 0.5) is 5.69 Å². The van der Waals surface area contributed by atoms with Crippen LogP contribution in [0.2, 0.25) is 0 Å². The van der Waals surface area contributed by atoms with Crippen LogP contribution in [0.1, 0.15) is 20.7 Å². The maximum atomic E-state index is 11.5. The molecule has 90 valence electrons. The molecule has 0 heterocycles. The van der Waals surface area contributed by atoms with Crippen LogP contribution in [0.15, 0.2) is 18.2 Å². The van der Waals surface area contributed by atoms with Crippen molar-refractivity contribution in [3.05, 3.63) is 39.4 Å². The van der Waals surface area contributed by atoms with Gasteiger partial charge in [0, 0.05) is 6.07 Å². The normalized spacial score (nSPS) is 9.76. The Labute approximate surface area is 96.3 Å². The van der Waals surface area contributed by atoms with Crippen LogP contribution in [-0.4, -0.2) is 30.3 Å². The third-order valence-corrected chi connectivity index (χ3v) is 2.11. The minimum atomic E-state index is -0.814. The number of hydrogen-bond acceptors (Lipinski definition) is 6. The molecule has 0 atom stereocenters. The molecule has 0 saturated carbocycles. The summed E-state index contributed by atoms with van der Waals surface area (Å²) in [7, 11) is 1.12.